The number of aryl methyl sites for hydroxylation is 1. The van der Waals surface area contributed by atoms with Gasteiger partial charge in [0.1, 0.15) is 0 Å². The van der Waals surface area contributed by atoms with Crippen LogP contribution in [0.3, 0.4) is 0 Å². The maximum absolute atomic E-state index is 5.56. The Bertz CT molecular complexity index is 821. The van der Waals surface area contributed by atoms with Gasteiger partial charge in [0.05, 0.1) is 19.7 Å². The van der Waals surface area contributed by atoms with Crippen LogP contribution in [-0.2, 0) is 12.8 Å². The molecule has 1 aromatic heterocycles. The summed E-state index contributed by atoms with van der Waals surface area (Å²) >= 11 is 0. The first kappa shape index (κ1) is 17.4. The molecule has 0 saturated carbocycles. The number of benzene rings is 1. The molecule has 4 rings (SSSR count). The van der Waals surface area contributed by atoms with Crippen molar-refractivity contribution < 1.29 is 9.47 Å². The maximum Gasteiger partial charge on any atom is 0.162 e. The van der Waals surface area contributed by atoms with Crippen molar-refractivity contribution in [2.45, 2.75) is 51.6 Å². The van der Waals surface area contributed by atoms with Crippen molar-refractivity contribution in [3.05, 3.63) is 23.4 Å². The van der Waals surface area contributed by atoms with E-state index in [1.165, 1.54) is 23.4 Å². The third kappa shape index (κ3) is 2.98. The van der Waals surface area contributed by atoms with Gasteiger partial charge in [-0.15, -0.1) is 0 Å². The molecule has 0 bridgehead atoms. The highest BCUT2D eigenvalue weighted by atomic mass is 16.5. The lowest BCUT2D eigenvalue weighted by Gasteiger charge is -2.35. The molecule has 1 aliphatic carbocycles. The summed E-state index contributed by atoms with van der Waals surface area (Å²) < 4.78 is 11.0. The molecular formula is C21H29N3O2. The Hall–Kier alpha value is -2.01. The Labute approximate surface area is 155 Å². The Kier molecular flexibility index (Phi) is 4.65. The second-order valence-electron chi connectivity index (χ2n) is 7.76. The molecule has 140 valence electrons. The van der Waals surface area contributed by atoms with E-state index in [1.807, 2.05) is 6.07 Å². The van der Waals surface area contributed by atoms with Gasteiger partial charge in [-0.3, -0.25) is 4.98 Å². The number of ether oxygens (including phenoxy) is 2. The van der Waals surface area contributed by atoms with Gasteiger partial charge in [0.25, 0.3) is 0 Å². The second kappa shape index (κ2) is 6.95. The summed E-state index contributed by atoms with van der Waals surface area (Å²) in [7, 11) is 3.36. The molecule has 1 saturated heterocycles. The predicted octanol–water partition coefficient (Wildman–Crippen LogP) is 3.54. The molecule has 1 fully saturated rings. The van der Waals surface area contributed by atoms with Crippen molar-refractivity contribution in [3.63, 3.8) is 0 Å². The van der Waals surface area contributed by atoms with Crippen molar-refractivity contribution in [1.82, 2.24) is 10.3 Å². The molecule has 0 radical (unpaired) electrons. The van der Waals surface area contributed by atoms with Crippen LogP contribution in [0.25, 0.3) is 10.9 Å². The number of anilines is 1. The van der Waals surface area contributed by atoms with Crippen LogP contribution in [-0.4, -0.2) is 37.8 Å². The van der Waals surface area contributed by atoms with Crippen LogP contribution >= 0.6 is 0 Å². The monoisotopic (exact) mass is 355 g/mol. The molecule has 2 aliphatic rings. The molecule has 3 unspecified atom stereocenters. The molecule has 2 N–H and O–H groups in total. The number of piperidine rings is 1. The Morgan fingerprint density at radius 1 is 1.12 bits per heavy atom. The summed E-state index contributed by atoms with van der Waals surface area (Å²) in [6.07, 6.45) is 4.48. The molecule has 1 aliphatic heterocycles. The first-order valence-electron chi connectivity index (χ1n) is 9.68. The second-order valence-corrected chi connectivity index (χ2v) is 7.76. The van der Waals surface area contributed by atoms with Gasteiger partial charge in [0, 0.05) is 34.9 Å². The minimum absolute atomic E-state index is 0.467. The van der Waals surface area contributed by atoms with Crippen LogP contribution in [0, 0.1) is 5.92 Å². The van der Waals surface area contributed by atoms with Gasteiger partial charge in [-0.2, -0.15) is 0 Å². The number of nitrogens with zero attached hydrogens (tertiary/aromatic N) is 1. The zero-order valence-electron chi connectivity index (χ0n) is 16.2. The summed E-state index contributed by atoms with van der Waals surface area (Å²) in [5.74, 6) is 2.08. The SMILES string of the molecule is COc1cc2nc3c(c(NC4CC(C)NCC4C)c2cc1OC)CCC3. The molecule has 2 aromatic rings. The summed E-state index contributed by atoms with van der Waals surface area (Å²) in [4.78, 5) is 4.94. The highest BCUT2D eigenvalue weighted by Gasteiger charge is 2.28. The molecule has 5 heteroatoms. The van der Waals surface area contributed by atoms with Crippen molar-refractivity contribution in [3.8, 4) is 11.5 Å². The number of fused-ring (bicyclic) bond motifs is 2. The Morgan fingerprint density at radius 3 is 2.65 bits per heavy atom. The zero-order chi connectivity index (χ0) is 18.3. The van der Waals surface area contributed by atoms with Gasteiger partial charge in [-0.25, -0.2) is 0 Å². The van der Waals surface area contributed by atoms with E-state index in [4.69, 9.17) is 14.5 Å². The van der Waals surface area contributed by atoms with Crippen LogP contribution < -0.4 is 20.1 Å². The first-order chi connectivity index (χ1) is 12.6. The molecule has 1 aromatic carbocycles. The van der Waals surface area contributed by atoms with Gasteiger partial charge in [0.15, 0.2) is 11.5 Å². The fourth-order valence-corrected chi connectivity index (χ4v) is 4.37. The third-order valence-electron chi connectivity index (χ3n) is 5.93. The minimum atomic E-state index is 0.467. The van der Waals surface area contributed by atoms with Crippen LogP contribution in [0.1, 0.15) is 37.9 Å². The lowest BCUT2D eigenvalue weighted by Crippen LogP contribution is -2.47. The summed E-state index contributed by atoms with van der Waals surface area (Å²) in [6, 6.07) is 5.10. The Morgan fingerprint density at radius 2 is 1.88 bits per heavy atom. The molecule has 2 heterocycles. The average Bonchev–Trinajstić information content (AvgIpc) is 3.11. The lowest BCUT2D eigenvalue weighted by molar-refractivity contribution is 0.314. The van der Waals surface area contributed by atoms with Crippen molar-refractivity contribution in [2.75, 3.05) is 26.1 Å². The number of aromatic nitrogens is 1. The predicted molar refractivity (Wildman–Crippen MR) is 106 cm³/mol. The van der Waals surface area contributed by atoms with Gasteiger partial charge < -0.3 is 20.1 Å². The van der Waals surface area contributed by atoms with Crippen molar-refractivity contribution in [2.24, 2.45) is 5.92 Å². The van der Waals surface area contributed by atoms with E-state index in [2.05, 4.69) is 30.5 Å². The van der Waals surface area contributed by atoms with E-state index in [9.17, 15) is 0 Å². The number of nitrogens with one attached hydrogen (secondary N) is 2. The smallest absolute Gasteiger partial charge is 0.162 e. The molecule has 0 amide bonds. The largest absolute Gasteiger partial charge is 0.493 e. The molecule has 26 heavy (non-hydrogen) atoms. The van der Waals surface area contributed by atoms with Crippen LogP contribution in [0.4, 0.5) is 5.69 Å². The number of hydrogen-bond acceptors (Lipinski definition) is 5. The van der Waals surface area contributed by atoms with Gasteiger partial charge in [0.2, 0.25) is 0 Å². The quantitative estimate of drug-likeness (QED) is 0.879. The van der Waals surface area contributed by atoms with E-state index < -0.39 is 0 Å². The van der Waals surface area contributed by atoms with Gasteiger partial charge in [-0.05, 0) is 56.7 Å². The van der Waals surface area contributed by atoms with E-state index in [-0.39, 0.29) is 0 Å². The van der Waals surface area contributed by atoms with Gasteiger partial charge >= 0.3 is 0 Å². The summed E-state index contributed by atoms with van der Waals surface area (Å²) in [5, 5.41) is 8.64. The highest BCUT2D eigenvalue weighted by Crippen LogP contribution is 2.40. The van der Waals surface area contributed by atoms with Crippen molar-refractivity contribution in [1.29, 1.82) is 0 Å². The molecule has 5 nitrogen and oxygen atoms in total. The van der Waals surface area contributed by atoms with E-state index in [1.54, 1.807) is 14.2 Å². The average molecular weight is 355 g/mol. The molecular weight excluding hydrogens is 326 g/mol. The highest BCUT2D eigenvalue weighted by molar-refractivity contribution is 5.96. The number of hydrogen-bond donors (Lipinski definition) is 2. The first-order valence-corrected chi connectivity index (χ1v) is 9.68. The Balaban J connectivity index is 1.83. The molecule has 0 spiro atoms. The van der Waals surface area contributed by atoms with E-state index >= 15 is 0 Å². The zero-order valence-corrected chi connectivity index (χ0v) is 16.2. The van der Waals surface area contributed by atoms with E-state index in [0.717, 1.165) is 48.2 Å². The normalized spacial score (nSPS) is 25.2. The standard InChI is InChI=1S/C21H29N3O2/c1-12-11-22-13(2)8-17(12)24-21-14-6-5-7-16(14)23-18-10-20(26-4)19(25-3)9-15(18)21/h9-10,12-13,17,22H,5-8,11H2,1-4H3,(H,23,24). The fraction of sp³-hybridized carbons (Fsp3) is 0.571. The van der Waals surface area contributed by atoms with Gasteiger partial charge in [-0.1, -0.05) is 6.92 Å². The number of rotatable bonds is 4. The third-order valence-corrected chi connectivity index (χ3v) is 5.93. The van der Waals surface area contributed by atoms with Crippen LogP contribution in [0.2, 0.25) is 0 Å². The summed E-state index contributed by atoms with van der Waals surface area (Å²) in [6.45, 7) is 5.65. The van der Waals surface area contributed by atoms with Crippen LogP contribution in [0.5, 0.6) is 11.5 Å². The number of methoxy groups -OCH3 is 2. The summed E-state index contributed by atoms with van der Waals surface area (Å²) in [5.41, 5.74) is 4.87. The van der Waals surface area contributed by atoms with E-state index in [0.29, 0.717) is 18.0 Å². The van der Waals surface area contributed by atoms with Crippen molar-refractivity contribution >= 4 is 16.6 Å². The fourth-order valence-electron chi connectivity index (χ4n) is 4.37. The maximum atomic E-state index is 5.56. The topological polar surface area (TPSA) is 55.4 Å². The minimum Gasteiger partial charge on any atom is -0.493 e. The number of pyridine rings is 1. The lowest BCUT2D eigenvalue weighted by atomic mass is 9.90. The van der Waals surface area contributed by atoms with Crippen LogP contribution in [0.15, 0.2) is 12.1 Å². The molecule has 3 atom stereocenters.